The van der Waals surface area contributed by atoms with Gasteiger partial charge >= 0.3 is 0 Å². The first-order valence-corrected chi connectivity index (χ1v) is 6.92. The predicted molar refractivity (Wildman–Crippen MR) is 67.2 cm³/mol. The summed E-state index contributed by atoms with van der Waals surface area (Å²) < 4.78 is 0. The average molecular weight is 228 g/mol. The molecule has 0 bridgehead atoms. The molecule has 1 fully saturated rings. The maximum Gasteiger partial charge on any atom is 0.0462 e. The fourth-order valence-corrected chi connectivity index (χ4v) is 3.02. The number of hydrogen-bond donors (Lipinski definition) is 2. The molecule has 2 N–H and O–H groups in total. The molecule has 16 heavy (non-hydrogen) atoms. The van der Waals surface area contributed by atoms with Gasteiger partial charge in [0.15, 0.2) is 0 Å². The highest BCUT2D eigenvalue weighted by atomic mass is 16.3. The van der Waals surface area contributed by atoms with E-state index < -0.39 is 0 Å². The van der Waals surface area contributed by atoms with Crippen molar-refractivity contribution in [3.63, 3.8) is 0 Å². The zero-order valence-electron chi connectivity index (χ0n) is 10.9. The van der Waals surface area contributed by atoms with E-state index in [0.29, 0.717) is 11.8 Å². The monoisotopic (exact) mass is 228 g/mol. The average Bonchev–Trinajstić information content (AvgIpc) is 2.32. The Balaban J connectivity index is 2.37. The highest BCUT2D eigenvalue weighted by Crippen LogP contribution is 2.34. The minimum Gasteiger partial charge on any atom is -0.396 e. The van der Waals surface area contributed by atoms with E-state index in [-0.39, 0.29) is 13.2 Å². The quantitative estimate of drug-likeness (QED) is 0.734. The van der Waals surface area contributed by atoms with Crippen LogP contribution >= 0.6 is 0 Å². The largest absolute Gasteiger partial charge is 0.396 e. The maximum absolute atomic E-state index is 9.43. The molecule has 2 unspecified atom stereocenters. The Bertz CT molecular complexity index is 170. The third-order valence-electron chi connectivity index (χ3n) is 4.43. The van der Waals surface area contributed by atoms with Gasteiger partial charge < -0.3 is 10.2 Å². The maximum atomic E-state index is 9.43. The summed E-state index contributed by atoms with van der Waals surface area (Å²) in [6.45, 7) is 4.91. The van der Waals surface area contributed by atoms with Gasteiger partial charge in [0.2, 0.25) is 0 Å². The molecule has 0 heterocycles. The van der Waals surface area contributed by atoms with Crippen LogP contribution in [0.4, 0.5) is 0 Å². The van der Waals surface area contributed by atoms with Crippen molar-refractivity contribution in [1.29, 1.82) is 0 Å². The minimum absolute atomic E-state index is 0.227. The topological polar surface area (TPSA) is 40.5 Å². The Kier molecular flexibility index (Phi) is 6.37. The summed E-state index contributed by atoms with van der Waals surface area (Å²) in [6, 6.07) is 0. The number of aliphatic hydroxyl groups excluding tert-OH is 2. The molecule has 1 aliphatic carbocycles. The van der Waals surface area contributed by atoms with Crippen LogP contribution in [-0.2, 0) is 0 Å². The number of rotatable bonds is 6. The fraction of sp³-hybridized carbons (Fsp3) is 1.00. The normalized spacial score (nSPS) is 30.0. The Morgan fingerprint density at radius 2 is 1.56 bits per heavy atom. The van der Waals surface area contributed by atoms with Gasteiger partial charge in [-0.1, -0.05) is 46.0 Å². The lowest BCUT2D eigenvalue weighted by Crippen LogP contribution is -2.25. The van der Waals surface area contributed by atoms with Gasteiger partial charge in [-0.3, -0.25) is 0 Å². The van der Waals surface area contributed by atoms with Crippen LogP contribution in [-0.4, -0.2) is 23.4 Å². The lowest BCUT2D eigenvalue weighted by molar-refractivity contribution is 0.0904. The van der Waals surface area contributed by atoms with Crippen molar-refractivity contribution in [2.45, 2.75) is 52.4 Å². The van der Waals surface area contributed by atoms with Crippen molar-refractivity contribution in [2.75, 3.05) is 13.2 Å². The van der Waals surface area contributed by atoms with E-state index in [9.17, 15) is 10.2 Å². The van der Waals surface area contributed by atoms with Crippen LogP contribution in [0.2, 0.25) is 0 Å². The lowest BCUT2D eigenvalue weighted by atomic mass is 9.76. The summed E-state index contributed by atoms with van der Waals surface area (Å²) in [4.78, 5) is 0. The molecular weight excluding hydrogens is 200 g/mol. The molecule has 0 amide bonds. The van der Waals surface area contributed by atoms with Crippen molar-refractivity contribution < 1.29 is 10.2 Å². The van der Waals surface area contributed by atoms with Gasteiger partial charge in [-0.15, -0.1) is 0 Å². The summed E-state index contributed by atoms with van der Waals surface area (Å²) in [5.74, 6) is 2.29. The molecular formula is C14H28O2. The third-order valence-corrected chi connectivity index (χ3v) is 4.43. The molecule has 2 nitrogen and oxygen atoms in total. The van der Waals surface area contributed by atoms with E-state index in [0.717, 1.165) is 24.7 Å². The molecule has 0 aromatic carbocycles. The van der Waals surface area contributed by atoms with Gasteiger partial charge in [-0.05, 0) is 30.1 Å². The van der Waals surface area contributed by atoms with Gasteiger partial charge in [-0.2, -0.15) is 0 Å². The molecule has 0 aliphatic heterocycles. The van der Waals surface area contributed by atoms with Gasteiger partial charge in [0.05, 0.1) is 0 Å². The van der Waals surface area contributed by atoms with Gasteiger partial charge in [0.25, 0.3) is 0 Å². The molecule has 2 atom stereocenters. The van der Waals surface area contributed by atoms with Crippen molar-refractivity contribution in [3.8, 4) is 0 Å². The summed E-state index contributed by atoms with van der Waals surface area (Å²) in [7, 11) is 0. The predicted octanol–water partition coefficient (Wildman–Crippen LogP) is 2.83. The highest BCUT2D eigenvalue weighted by Gasteiger charge is 2.25. The zero-order valence-corrected chi connectivity index (χ0v) is 10.9. The van der Waals surface area contributed by atoms with Crippen LogP contribution in [0, 0.1) is 23.7 Å². The van der Waals surface area contributed by atoms with Crippen LogP contribution in [0.1, 0.15) is 52.4 Å². The Hall–Kier alpha value is -0.0800. The Morgan fingerprint density at radius 1 is 1.00 bits per heavy atom. The van der Waals surface area contributed by atoms with E-state index in [1.54, 1.807) is 0 Å². The molecule has 1 aliphatic rings. The third kappa shape index (κ3) is 4.06. The first kappa shape index (κ1) is 14.0. The first-order valence-electron chi connectivity index (χ1n) is 6.92. The fourth-order valence-electron chi connectivity index (χ4n) is 3.02. The van der Waals surface area contributed by atoms with E-state index in [2.05, 4.69) is 13.8 Å². The van der Waals surface area contributed by atoms with Crippen LogP contribution in [0.15, 0.2) is 0 Å². The summed E-state index contributed by atoms with van der Waals surface area (Å²) in [5, 5.41) is 18.7. The van der Waals surface area contributed by atoms with Crippen LogP contribution in [0.3, 0.4) is 0 Å². The molecule has 1 rings (SSSR count). The Morgan fingerprint density at radius 3 is 2.00 bits per heavy atom. The SMILES string of the molecule is CCC(CO)C(CO)CC1CCC(C)CC1. The number of hydrogen-bond acceptors (Lipinski definition) is 2. The number of aliphatic hydroxyl groups is 2. The van der Waals surface area contributed by atoms with E-state index in [1.807, 2.05) is 0 Å². The molecule has 0 saturated heterocycles. The van der Waals surface area contributed by atoms with Crippen molar-refractivity contribution in [2.24, 2.45) is 23.7 Å². The van der Waals surface area contributed by atoms with Crippen LogP contribution in [0.25, 0.3) is 0 Å². The second kappa shape index (κ2) is 7.29. The zero-order chi connectivity index (χ0) is 12.0. The van der Waals surface area contributed by atoms with Crippen molar-refractivity contribution in [1.82, 2.24) is 0 Å². The molecule has 0 aromatic heterocycles. The second-order valence-electron chi connectivity index (χ2n) is 5.66. The van der Waals surface area contributed by atoms with E-state index in [1.165, 1.54) is 25.7 Å². The summed E-state index contributed by atoms with van der Waals surface area (Å²) in [6.07, 6.45) is 7.42. The molecule has 0 radical (unpaired) electrons. The molecule has 0 aromatic rings. The van der Waals surface area contributed by atoms with Crippen LogP contribution in [0.5, 0.6) is 0 Å². The lowest BCUT2D eigenvalue weighted by Gasteiger charge is -2.31. The second-order valence-corrected chi connectivity index (χ2v) is 5.66. The highest BCUT2D eigenvalue weighted by molar-refractivity contribution is 4.76. The molecule has 0 spiro atoms. The Labute approximate surface area is 100 Å². The molecule has 1 saturated carbocycles. The van der Waals surface area contributed by atoms with Gasteiger partial charge in [0.1, 0.15) is 0 Å². The first-order chi connectivity index (χ1) is 7.71. The van der Waals surface area contributed by atoms with E-state index in [4.69, 9.17) is 0 Å². The van der Waals surface area contributed by atoms with E-state index >= 15 is 0 Å². The van der Waals surface area contributed by atoms with Crippen LogP contribution < -0.4 is 0 Å². The summed E-state index contributed by atoms with van der Waals surface area (Å²) >= 11 is 0. The smallest absolute Gasteiger partial charge is 0.0462 e. The standard InChI is InChI=1S/C14H28O2/c1-3-13(9-15)14(10-16)8-12-6-4-11(2)5-7-12/h11-16H,3-10H2,1-2H3. The molecule has 2 heteroatoms. The summed E-state index contributed by atoms with van der Waals surface area (Å²) in [5.41, 5.74) is 0. The van der Waals surface area contributed by atoms with Crippen molar-refractivity contribution >= 4 is 0 Å². The van der Waals surface area contributed by atoms with Gasteiger partial charge in [0, 0.05) is 13.2 Å². The molecule has 96 valence electrons. The van der Waals surface area contributed by atoms with Gasteiger partial charge in [-0.25, -0.2) is 0 Å². The van der Waals surface area contributed by atoms with Crippen molar-refractivity contribution in [3.05, 3.63) is 0 Å². The minimum atomic E-state index is 0.227.